The Bertz CT molecular complexity index is 733. The normalized spacial score (nSPS) is 17.5. The first-order chi connectivity index (χ1) is 13.6. The van der Waals surface area contributed by atoms with Crippen molar-refractivity contribution >= 4 is 17.3 Å². The molecule has 2 aromatic carbocycles. The molecule has 0 spiro atoms. The molecule has 1 saturated heterocycles. The molecule has 0 aromatic heterocycles. The summed E-state index contributed by atoms with van der Waals surface area (Å²) in [5.74, 6) is 0. The molecule has 1 heterocycles. The average Bonchev–Trinajstić information content (AvgIpc) is 2.72. The number of nitrogens with one attached hydrogen (secondary N) is 1. The monoisotopic (exact) mass is 403 g/mol. The average molecular weight is 404 g/mol. The van der Waals surface area contributed by atoms with Crippen LogP contribution in [-0.2, 0) is 4.74 Å². The number of aliphatic hydroxyl groups is 1. The van der Waals surface area contributed by atoms with E-state index in [0.717, 1.165) is 44.2 Å². The van der Waals surface area contributed by atoms with E-state index in [0.29, 0.717) is 6.61 Å². The number of hydrogen-bond acceptors (Lipinski definition) is 3. The number of rotatable bonds is 8. The Kier molecular flexibility index (Phi) is 7.74. The molecule has 152 valence electrons. The van der Waals surface area contributed by atoms with Gasteiger partial charge < -0.3 is 19.6 Å². The Morgan fingerprint density at radius 2 is 1.86 bits per heavy atom. The first kappa shape index (κ1) is 21.1. The molecule has 0 amide bonds. The van der Waals surface area contributed by atoms with Gasteiger partial charge in [0.2, 0.25) is 0 Å². The van der Waals surface area contributed by atoms with Crippen LogP contribution in [0.5, 0.6) is 0 Å². The second-order valence-electron chi connectivity index (χ2n) is 7.67. The molecule has 2 aromatic rings. The molecule has 28 heavy (non-hydrogen) atoms. The Balaban J connectivity index is 1.44. The number of piperazine rings is 1. The van der Waals surface area contributed by atoms with E-state index in [1.807, 2.05) is 24.3 Å². The molecule has 2 atom stereocenters. The smallest absolute Gasteiger partial charge is 0.126 e. The number of ether oxygens (including phenoxy) is 1. The highest BCUT2D eigenvalue weighted by Crippen LogP contribution is 2.24. The number of hydrogen-bond donors (Lipinski definition) is 2. The van der Waals surface area contributed by atoms with Crippen molar-refractivity contribution in [3.05, 3.63) is 64.7 Å². The molecule has 4 nitrogen and oxygen atoms in total. The molecule has 1 fully saturated rings. The molecule has 0 radical (unpaired) electrons. The van der Waals surface area contributed by atoms with Crippen molar-refractivity contribution in [2.75, 3.05) is 44.2 Å². The highest BCUT2D eigenvalue weighted by molar-refractivity contribution is 6.30. The van der Waals surface area contributed by atoms with Crippen molar-refractivity contribution in [1.82, 2.24) is 0 Å². The van der Waals surface area contributed by atoms with Gasteiger partial charge in [-0.3, -0.25) is 0 Å². The molecular weight excluding hydrogens is 372 g/mol. The standard InChI is InChI=1S/C23H31ClN2O2/c1-3-23(19-7-5-4-6-8-19)28-17-21(27)16-25-11-13-26(14-12-25)22-15-20(24)10-9-18(22)2/h4-10,15,21,23,27H,3,11-14,16-17H2,1-2H3/p+1. The van der Waals surface area contributed by atoms with E-state index < -0.39 is 6.10 Å². The fourth-order valence-corrected chi connectivity index (χ4v) is 4.09. The van der Waals surface area contributed by atoms with Crippen LogP contribution in [0.1, 0.15) is 30.6 Å². The maximum Gasteiger partial charge on any atom is 0.126 e. The van der Waals surface area contributed by atoms with Gasteiger partial charge in [0.05, 0.1) is 38.9 Å². The van der Waals surface area contributed by atoms with Crippen LogP contribution in [0.15, 0.2) is 48.5 Å². The van der Waals surface area contributed by atoms with E-state index in [9.17, 15) is 5.11 Å². The van der Waals surface area contributed by atoms with Gasteiger partial charge >= 0.3 is 0 Å². The minimum Gasteiger partial charge on any atom is -0.385 e. The van der Waals surface area contributed by atoms with Crippen molar-refractivity contribution in [3.8, 4) is 0 Å². The molecule has 5 heteroatoms. The minimum atomic E-state index is -0.438. The summed E-state index contributed by atoms with van der Waals surface area (Å²) in [7, 11) is 0. The largest absolute Gasteiger partial charge is 0.385 e. The lowest BCUT2D eigenvalue weighted by Crippen LogP contribution is -3.16. The summed E-state index contributed by atoms with van der Waals surface area (Å²) < 4.78 is 6.01. The van der Waals surface area contributed by atoms with Gasteiger partial charge in [-0.1, -0.05) is 54.9 Å². The lowest BCUT2D eigenvalue weighted by atomic mass is 10.1. The van der Waals surface area contributed by atoms with Gasteiger partial charge in [0.15, 0.2) is 0 Å². The van der Waals surface area contributed by atoms with Crippen LogP contribution in [0, 0.1) is 6.92 Å². The van der Waals surface area contributed by atoms with Gasteiger partial charge in [-0.15, -0.1) is 0 Å². The molecule has 2 N–H and O–H groups in total. The Morgan fingerprint density at radius 1 is 1.14 bits per heavy atom. The summed E-state index contributed by atoms with van der Waals surface area (Å²) in [5.41, 5.74) is 3.66. The Hall–Kier alpha value is -1.59. The molecule has 3 rings (SSSR count). The van der Waals surface area contributed by atoms with E-state index in [1.54, 1.807) is 0 Å². The van der Waals surface area contributed by atoms with E-state index in [2.05, 4.69) is 43.0 Å². The van der Waals surface area contributed by atoms with Crippen molar-refractivity contribution in [2.45, 2.75) is 32.5 Å². The predicted molar refractivity (Wildman–Crippen MR) is 115 cm³/mol. The van der Waals surface area contributed by atoms with E-state index in [-0.39, 0.29) is 6.10 Å². The zero-order valence-corrected chi connectivity index (χ0v) is 17.7. The van der Waals surface area contributed by atoms with Crippen LogP contribution in [-0.4, -0.2) is 50.5 Å². The zero-order chi connectivity index (χ0) is 19.9. The van der Waals surface area contributed by atoms with Gasteiger partial charge in [0.25, 0.3) is 0 Å². The Morgan fingerprint density at radius 3 is 2.54 bits per heavy atom. The number of anilines is 1. The van der Waals surface area contributed by atoms with Crippen LogP contribution < -0.4 is 9.80 Å². The molecule has 1 aliphatic heterocycles. The number of aryl methyl sites for hydroxylation is 1. The van der Waals surface area contributed by atoms with Crippen LogP contribution in [0.4, 0.5) is 5.69 Å². The zero-order valence-electron chi connectivity index (χ0n) is 16.9. The summed E-state index contributed by atoms with van der Waals surface area (Å²) >= 11 is 6.17. The van der Waals surface area contributed by atoms with Crippen molar-refractivity contribution in [2.24, 2.45) is 0 Å². The van der Waals surface area contributed by atoms with Gasteiger partial charge in [0.1, 0.15) is 12.6 Å². The van der Waals surface area contributed by atoms with Gasteiger partial charge in [-0.05, 0) is 36.6 Å². The van der Waals surface area contributed by atoms with Gasteiger partial charge in [0, 0.05) is 10.7 Å². The Labute approximate surface area is 173 Å². The lowest BCUT2D eigenvalue weighted by Gasteiger charge is -2.35. The summed E-state index contributed by atoms with van der Waals surface area (Å²) in [5, 5.41) is 11.3. The van der Waals surface area contributed by atoms with Crippen molar-refractivity contribution in [3.63, 3.8) is 0 Å². The molecule has 0 bridgehead atoms. The first-order valence-corrected chi connectivity index (χ1v) is 10.6. The summed E-state index contributed by atoms with van der Waals surface area (Å²) in [6, 6.07) is 16.3. The fourth-order valence-electron chi connectivity index (χ4n) is 3.93. The number of aliphatic hydroxyl groups excluding tert-OH is 1. The van der Waals surface area contributed by atoms with Crippen LogP contribution in [0.2, 0.25) is 5.02 Å². The van der Waals surface area contributed by atoms with Crippen LogP contribution >= 0.6 is 11.6 Å². The number of nitrogens with zero attached hydrogens (tertiary/aromatic N) is 1. The summed E-state index contributed by atoms with van der Waals surface area (Å²) in [6.45, 7) is 9.34. The first-order valence-electron chi connectivity index (χ1n) is 10.3. The second-order valence-corrected chi connectivity index (χ2v) is 8.10. The molecule has 0 saturated carbocycles. The highest BCUT2D eigenvalue weighted by atomic mass is 35.5. The lowest BCUT2D eigenvalue weighted by molar-refractivity contribution is -0.903. The van der Waals surface area contributed by atoms with Crippen molar-refractivity contribution < 1.29 is 14.7 Å². The topological polar surface area (TPSA) is 37.1 Å². The molecule has 0 aliphatic carbocycles. The maximum absolute atomic E-state index is 10.5. The third-order valence-electron chi connectivity index (χ3n) is 5.54. The number of benzene rings is 2. The predicted octanol–water partition coefficient (Wildman–Crippen LogP) is 2.88. The van der Waals surface area contributed by atoms with Gasteiger partial charge in [-0.2, -0.15) is 0 Å². The number of quaternary nitrogens is 1. The number of halogens is 1. The highest BCUT2D eigenvalue weighted by Gasteiger charge is 2.24. The molecule has 1 aliphatic rings. The third-order valence-corrected chi connectivity index (χ3v) is 5.77. The summed E-state index contributed by atoms with van der Waals surface area (Å²) in [6.07, 6.45) is 0.516. The van der Waals surface area contributed by atoms with Gasteiger partial charge in [-0.25, -0.2) is 0 Å². The van der Waals surface area contributed by atoms with E-state index in [4.69, 9.17) is 16.3 Å². The molecular formula is C23H32ClN2O2+. The van der Waals surface area contributed by atoms with E-state index in [1.165, 1.54) is 21.7 Å². The quantitative estimate of drug-likeness (QED) is 0.711. The minimum absolute atomic E-state index is 0.0495. The maximum atomic E-state index is 10.5. The van der Waals surface area contributed by atoms with Crippen LogP contribution in [0.25, 0.3) is 0 Å². The SMILES string of the molecule is CCC(OCC(O)C[NH+]1CCN(c2cc(Cl)ccc2C)CC1)c1ccccc1. The van der Waals surface area contributed by atoms with E-state index >= 15 is 0 Å². The fraction of sp³-hybridized carbons (Fsp3) is 0.478. The molecule has 2 unspecified atom stereocenters. The summed E-state index contributed by atoms with van der Waals surface area (Å²) in [4.78, 5) is 3.83. The third kappa shape index (κ3) is 5.71. The second kappa shape index (κ2) is 10.3. The van der Waals surface area contributed by atoms with Crippen LogP contribution in [0.3, 0.4) is 0 Å². The van der Waals surface area contributed by atoms with Crippen molar-refractivity contribution in [1.29, 1.82) is 0 Å².